The van der Waals surface area contributed by atoms with Gasteiger partial charge in [-0.05, 0) is 12.1 Å². The van der Waals surface area contributed by atoms with Gasteiger partial charge in [-0.15, -0.1) is 0 Å². The van der Waals surface area contributed by atoms with E-state index < -0.39 is 0 Å². The monoisotopic (exact) mass is 201 g/mol. The van der Waals surface area contributed by atoms with Crippen LogP contribution in [0.25, 0.3) is 0 Å². The van der Waals surface area contributed by atoms with Gasteiger partial charge in [0.15, 0.2) is 0 Å². The number of rotatable bonds is 2. The Morgan fingerprint density at radius 1 is 1.58 bits per heavy atom. The number of hydrogen-bond donors (Lipinski definition) is 0. The van der Waals surface area contributed by atoms with Crippen molar-refractivity contribution in [3.63, 3.8) is 0 Å². The molecular weight excluding hydrogens is 197 g/mol. The van der Waals surface area contributed by atoms with Crippen LogP contribution in [0.5, 0.6) is 0 Å². The van der Waals surface area contributed by atoms with Gasteiger partial charge in [-0.1, -0.05) is 29.8 Å². The number of ketones is 1. The predicted molar refractivity (Wildman–Crippen MR) is 48.8 cm³/mol. The molecule has 0 radical (unpaired) electrons. The molecule has 1 heterocycles. The van der Waals surface area contributed by atoms with Crippen LogP contribution in [0.3, 0.4) is 0 Å². The molecule has 0 fully saturated rings. The van der Waals surface area contributed by atoms with Gasteiger partial charge < -0.3 is 0 Å². The normalized spacial score (nSPS) is 9.50. The van der Waals surface area contributed by atoms with Gasteiger partial charge >= 0.3 is 0 Å². The Kier molecular flexibility index (Phi) is 2.84. The third-order valence-electron chi connectivity index (χ3n) is 1.23. The zero-order chi connectivity index (χ0) is 9.14. The minimum Gasteiger partial charge on any atom is -0.288 e. The molecule has 0 atom stereocenters. The van der Waals surface area contributed by atoms with Crippen LogP contribution in [-0.2, 0) is 0 Å². The molecule has 0 aliphatic rings. The van der Waals surface area contributed by atoms with Crippen molar-refractivity contribution < 1.29 is 4.79 Å². The van der Waals surface area contributed by atoms with Gasteiger partial charge in [0.2, 0.25) is 5.78 Å². The Labute approximate surface area is 79.8 Å². The quantitative estimate of drug-likeness (QED) is 0.545. The third kappa shape index (κ3) is 1.84. The van der Waals surface area contributed by atoms with Crippen molar-refractivity contribution in [3.8, 4) is 0 Å². The molecule has 0 saturated heterocycles. The zero-order valence-electron chi connectivity index (χ0n) is 6.05. The van der Waals surface area contributed by atoms with Crippen molar-refractivity contribution in [1.29, 1.82) is 0 Å². The molecule has 0 saturated carbocycles. The van der Waals surface area contributed by atoms with Crippen molar-refractivity contribution in [1.82, 2.24) is 4.98 Å². The van der Waals surface area contributed by atoms with Gasteiger partial charge in [-0.3, -0.25) is 4.79 Å². The minimum absolute atomic E-state index is 0.177. The number of halogens is 2. The Balaban J connectivity index is 3.18. The van der Waals surface area contributed by atoms with E-state index in [1.807, 2.05) is 0 Å². The van der Waals surface area contributed by atoms with E-state index in [1.165, 1.54) is 12.3 Å². The van der Waals surface area contributed by atoms with Crippen LogP contribution in [0.15, 0.2) is 24.9 Å². The molecule has 0 N–H and O–H groups in total. The van der Waals surface area contributed by atoms with Crippen molar-refractivity contribution in [2.24, 2.45) is 0 Å². The number of carbonyl (C=O) groups is 1. The number of hydrogen-bond acceptors (Lipinski definition) is 2. The van der Waals surface area contributed by atoms with Crippen molar-refractivity contribution in [2.75, 3.05) is 0 Å². The van der Waals surface area contributed by atoms with Gasteiger partial charge in [0.05, 0.1) is 10.0 Å². The summed E-state index contributed by atoms with van der Waals surface area (Å²) in [7, 11) is 0. The Morgan fingerprint density at radius 3 is 2.75 bits per heavy atom. The van der Waals surface area contributed by atoms with E-state index in [4.69, 9.17) is 23.2 Å². The fraction of sp³-hybridized carbons (Fsp3) is 0. The van der Waals surface area contributed by atoms with Crippen LogP contribution in [0.2, 0.25) is 10.0 Å². The van der Waals surface area contributed by atoms with Gasteiger partial charge in [0.25, 0.3) is 0 Å². The zero-order valence-corrected chi connectivity index (χ0v) is 7.56. The molecule has 1 aromatic rings. The number of aromatic nitrogens is 1. The topological polar surface area (TPSA) is 30.0 Å². The lowest BCUT2D eigenvalue weighted by molar-refractivity contribution is 0.104. The second-order valence-corrected chi connectivity index (χ2v) is 2.90. The molecule has 0 spiro atoms. The SMILES string of the molecule is C=CC(=O)c1ncc(Cl)cc1Cl. The minimum atomic E-state index is -0.309. The molecule has 1 aromatic heterocycles. The molecule has 0 aliphatic carbocycles. The standard InChI is InChI=1S/C8H5Cl2NO/c1-2-7(12)8-6(10)3-5(9)4-11-8/h2-4H,1H2. The van der Waals surface area contributed by atoms with Crippen LogP contribution in [0.1, 0.15) is 10.5 Å². The second kappa shape index (κ2) is 3.70. The fourth-order valence-electron chi connectivity index (χ4n) is 0.693. The van der Waals surface area contributed by atoms with Gasteiger partial charge in [0.1, 0.15) is 5.69 Å². The first kappa shape index (κ1) is 9.23. The maximum atomic E-state index is 11.0. The lowest BCUT2D eigenvalue weighted by Gasteiger charge is -1.97. The largest absolute Gasteiger partial charge is 0.288 e. The first-order valence-electron chi connectivity index (χ1n) is 3.13. The highest BCUT2D eigenvalue weighted by Crippen LogP contribution is 2.18. The highest BCUT2D eigenvalue weighted by atomic mass is 35.5. The molecule has 0 unspecified atom stereocenters. The number of pyridine rings is 1. The molecule has 4 heteroatoms. The average Bonchev–Trinajstić information content (AvgIpc) is 2.03. The Morgan fingerprint density at radius 2 is 2.25 bits per heavy atom. The molecule has 12 heavy (non-hydrogen) atoms. The molecule has 0 aromatic carbocycles. The Hall–Kier alpha value is -0.860. The van der Waals surface area contributed by atoms with E-state index in [-0.39, 0.29) is 16.5 Å². The van der Waals surface area contributed by atoms with Crippen LogP contribution in [0.4, 0.5) is 0 Å². The number of nitrogens with zero attached hydrogens (tertiary/aromatic N) is 1. The summed E-state index contributed by atoms with van der Waals surface area (Å²) in [4.78, 5) is 14.8. The van der Waals surface area contributed by atoms with E-state index in [0.717, 1.165) is 6.08 Å². The van der Waals surface area contributed by atoms with Crippen LogP contribution >= 0.6 is 23.2 Å². The first-order valence-corrected chi connectivity index (χ1v) is 3.88. The average molecular weight is 202 g/mol. The van der Waals surface area contributed by atoms with E-state index >= 15 is 0 Å². The van der Waals surface area contributed by atoms with E-state index in [1.54, 1.807) is 0 Å². The first-order chi connectivity index (χ1) is 5.65. The summed E-state index contributed by atoms with van der Waals surface area (Å²) in [6, 6.07) is 1.47. The Bertz CT molecular complexity index is 336. The highest BCUT2D eigenvalue weighted by molar-refractivity contribution is 6.36. The van der Waals surface area contributed by atoms with Crippen molar-refractivity contribution in [2.45, 2.75) is 0 Å². The van der Waals surface area contributed by atoms with Crippen molar-refractivity contribution >= 4 is 29.0 Å². The lowest BCUT2D eigenvalue weighted by atomic mass is 10.2. The van der Waals surface area contributed by atoms with E-state index in [2.05, 4.69) is 11.6 Å². The maximum absolute atomic E-state index is 11.0. The van der Waals surface area contributed by atoms with Crippen molar-refractivity contribution in [3.05, 3.63) is 40.7 Å². The molecule has 0 amide bonds. The molecule has 2 nitrogen and oxygen atoms in total. The third-order valence-corrected chi connectivity index (χ3v) is 1.72. The van der Waals surface area contributed by atoms with Crippen LogP contribution < -0.4 is 0 Å². The van der Waals surface area contributed by atoms with Gasteiger partial charge in [0, 0.05) is 6.20 Å². The lowest BCUT2D eigenvalue weighted by Crippen LogP contribution is -1.98. The summed E-state index contributed by atoms with van der Waals surface area (Å²) in [6.45, 7) is 3.32. The molecular formula is C8H5Cl2NO. The molecule has 1 rings (SSSR count). The van der Waals surface area contributed by atoms with E-state index in [0.29, 0.717) is 5.02 Å². The number of carbonyl (C=O) groups excluding carboxylic acids is 1. The van der Waals surface area contributed by atoms with E-state index in [9.17, 15) is 4.79 Å². The molecule has 62 valence electrons. The molecule has 0 bridgehead atoms. The summed E-state index contributed by atoms with van der Waals surface area (Å²) >= 11 is 11.3. The summed E-state index contributed by atoms with van der Waals surface area (Å²) in [5, 5.41) is 0.646. The smallest absolute Gasteiger partial charge is 0.205 e. The maximum Gasteiger partial charge on any atom is 0.205 e. The highest BCUT2D eigenvalue weighted by Gasteiger charge is 2.08. The summed E-state index contributed by atoms with van der Waals surface area (Å²) in [5.74, 6) is -0.309. The van der Waals surface area contributed by atoms with Crippen LogP contribution in [-0.4, -0.2) is 10.8 Å². The predicted octanol–water partition coefficient (Wildman–Crippen LogP) is 2.76. The molecule has 0 aliphatic heterocycles. The van der Waals surface area contributed by atoms with Gasteiger partial charge in [-0.25, -0.2) is 4.98 Å². The van der Waals surface area contributed by atoms with Gasteiger partial charge in [-0.2, -0.15) is 0 Å². The summed E-state index contributed by atoms with van der Waals surface area (Å²) in [6.07, 6.45) is 2.52. The summed E-state index contributed by atoms with van der Waals surface area (Å²) in [5.41, 5.74) is 0.177. The summed E-state index contributed by atoms with van der Waals surface area (Å²) < 4.78 is 0. The van der Waals surface area contributed by atoms with Crippen LogP contribution in [0, 0.1) is 0 Å². The number of allylic oxidation sites excluding steroid dienone is 1. The fourth-order valence-corrected chi connectivity index (χ4v) is 1.17. The second-order valence-electron chi connectivity index (χ2n) is 2.05.